The number of benzene rings is 2. The first-order valence-electron chi connectivity index (χ1n) is 8.35. The van der Waals surface area contributed by atoms with Gasteiger partial charge in [0, 0.05) is 29.1 Å². The Morgan fingerprint density at radius 1 is 1.08 bits per heavy atom. The molecule has 0 aliphatic rings. The Morgan fingerprint density at radius 2 is 1.88 bits per heavy atom. The van der Waals surface area contributed by atoms with E-state index in [0.29, 0.717) is 22.9 Å². The van der Waals surface area contributed by atoms with Gasteiger partial charge in [-0.15, -0.1) is 0 Å². The number of halogens is 1. The number of aryl methyl sites for hydroxylation is 1. The van der Waals surface area contributed by atoms with Crippen molar-refractivity contribution >= 4 is 28.9 Å². The lowest BCUT2D eigenvalue weighted by molar-refractivity contribution is 0.102. The van der Waals surface area contributed by atoms with Crippen LogP contribution in [0.15, 0.2) is 60.8 Å². The summed E-state index contributed by atoms with van der Waals surface area (Å²) in [5, 5.41) is 6.80. The van der Waals surface area contributed by atoms with E-state index in [1.807, 2.05) is 25.1 Å². The molecule has 5 heteroatoms. The first kappa shape index (κ1) is 18.0. The zero-order valence-corrected chi connectivity index (χ0v) is 15.5. The first-order chi connectivity index (χ1) is 12.5. The highest BCUT2D eigenvalue weighted by Gasteiger charge is 2.11. The van der Waals surface area contributed by atoms with Gasteiger partial charge in [-0.05, 0) is 49.2 Å². The number of nitrogens with one attached hydrogen (secondary N) is 2. The smallest absolute Gasteiger partial charge is 0.274 e. The predicted molar refractivity (Wildman–Crippen MR) is 107 cm³/mol. The van der Waals surface area contributed by atoms with Gasteiger partial charge in [0.05, 0.1) is 0 Å². The van der Waals surface area contributed by atoms with Crippen LogP contribution in [-0.4, -0.2) is 10.9 Å². The van der Waals surface area contributed by atoms with E-state index in [1.54, 1.807) is 24.4 Å². The van der Waals surface area contributed by atoms with Crippen LogP contribution in [-0.2, 0) is 6.54 Å². The number of carbonyl (C=O) groups excluding carboxylic acids is 1. The van der Waals surface area contributed by atoms with Crippen molar-refractivity contribution in [1.29, 1.82) is 0 Å². The zero-order valence-electron chi connectivity index (χ0n) is 14.7. The maximum absolute atomic E-state index is 12.5. The maximum atomic E-state index is 12.5. The molecule has 3 rings (SSSR count). The minimum absolute atomic E-state index is 0.269. The van der Waals surface area contributed by atoms with Gasteiger partial charge in [0.25, 0.3) is 5.91 Å². The fraction of sp³-hybridized carbons (Fsp3) is 0.143. The number of rotatable bonds is 5. The number of hydrogen-bond acceptors (Lipinski definition) is 3. The van der Waals surface area contributed by atoms with E-state index in [1.165, 1.54) is 11.1 Å². The van der Waals surface area contributed by atoms with E-state index in [9.17, 15) is 4.79 Å². The molecule has 4 nitrogen and oxygen atoms in total. The third kappa shape index (κ3) is 4.41. The Kier molecular flexibility index (Phi) is 5.54. The van der Waals surface area contributed by atoms with Crippen LogP contribution in [0, 0.1) is 13.8 Å². The summed E-state index contributed by atoms with van der Waals surface area (Å²) in [7, 11) is 0. The van der Waals surface area contributed by atoms with Crippen LogP contribution in [0.4, 0.5) is 11.4 Å². The van der Waals surface area contributed by atoms with Gasteiger partial charge in [-0.25, -0.2) is 0 Å². The summed E-state index contributed by atoms with van der Waals surface area (Å²) in [6.07, 6.45) is 1.62. The van der Waals surface area contributed by atoms with Crippen molar-refractivity contribution in [3.63, 3.8) is 0 Å². The molecule has 0 fully saturated rings. The number of hydrogen-bond donors (Lipinski definition) is 2. The van der Waals surface area contributed by atoms with Crippen LogP contribution < -0.4 is 10.6 Å². The van der Waals surface area contributed by atoms with Crippen molar-refractivity contribution in [2.24, 2.45) is 0 Å². The highest BCUT2D eigenvalue weighted by Crippen LogP contribution is 2.23. The molecule has 2 N–H and O–H groups in total. The fourth-order valence-corrected chi connectivity index (χ4v) is 2.79. The summed E-state index contributed by atoms with van der Waals surface area (Å²) in [5.41, 5.74) is 5.10. The maximum Gasteiger partial charge on any atom is 0.274 e. The SMILES string of the molecule is Cc1cccc(CNc2ccnc(C(=O)Nc3cccc(Cl)c3C)c2)c1. The third-order valence-electron chi connectivity index (χ3n) is 4.09. The second-order valence-corrected chi connectivity index (χ2v) is 6.55. The molecule has 0 atom stereocenters. The Labute approximate surface area is 158 Å². The van der Waals surface area contributed by atoms with Gasteiger partial charge in [-0.2, -0.15) is 0 Å². The van der Waals surface area contributed by atoms with E-state index < -0.39 is 0 Å². The molecule has 2 aromatic carbocycles. The van der Waals surface area contributed by atoms with Crippen molar-refractivity contribution in [3.8, 4) is 0 Å². The molecule has 0 bridgehead atoms. The highest BCUT2D eigenvalue weighted by molar-refractivity contribution is 6.31. The van der Waals surface area contributed by atoms with Crippen LogP contribution in [0.3, 0.4) is 0 Å². The van der Waals surface area contributed by atoms with Crippen molar-refractivity contribution < 1.29 is 4.79 Å². The average molecular weight is 366 g/mol. The zero-order chi connectivity index (χ0) is 18.5. The summed E-state index contributed by atoms with van der Waals surface area (Å²) in [6, 6.07) is 17.3. The second kappa shape index (κ2) is 8.02. The number of pyridine rings is 1. The molecule has 0 unspecified atom stereocenters. The van der Waals surface area contributed by atoms with E-state index in [2.05, 4.69) is 40.7 Å². The van der Waals surface area contributed by atoms with Gasteiger partial charge >= 0.3 is 0 Å². The van der Waals surface area contributed by atoms with Crippen LogP contribution >= 0.6 is 11.6 Å². The Bertz CT molecular complexity index is 940. The Hall–Kier alpha value is -2.85. The van der Waals surface area contributed by atoms with Gasteiger partial charge in [0.2, 0.25) is 0 Å². The third-order valence-corrected chi connectivity index (χ3v) is 4.50. The molecular weight excluding hydrogens is 346 g/mol. The molecule has 1 aromatic heterocycles. The quantitative estimate of drug-likeness (QED) is 0.652. The normalized spacial score (nSPS) is 10.4. The monoisotopic (exact) mass is 365 g/mol. The van der Waals surface area contributed by atoms with E-state index in [0.717, 1.165) is 11.3 Å². The molecule has 1 heterocycles. The van der Waals surface area contributed by atoms with E-state index >= 15 is 0 Å². The minimum atomic E-state index is -0.269. The van der Waals surface area contributed by atoms with E-state index in [4.69, 9.17) is 11.6 Å². The molecule has 0 spiro atoms. The van der Waals surface area contributed by atoms with E-state index in [-0.39, 0.29) is 5.91 Å². The van der Waals surface area contributed by atoms with Crippen molar-refractivity contribution in [3.05, 3.63) is 88.2 Å². The van der Waals surface area contributed by atoms with Gasteiger partial charge in [-0.3, -0.25) is 9.78 Å². The predicted octanol–water partition coefficient (Wildman–Crippen LogP) is 5.22. The van der Waals surface area contributed by atoms with Crippen LogP contribution in [0.25, 0.3) is 0 Å². The summed E-state index contributed by atoms with van der Waals surface area (Å²) >= 11 is 6.10. The standard InChI is InChI=1S/C21H20ClN3O/c1-14-5-3-6-16(11-14)13-24-17-9-10-23-20(12-17)21(26)25-19-8-4-7-18(22)15(19)2/h3-12H,13H2,1-2H3,(H,23,24)(H,25,26). The molecule has 0 saturated carbocycles. The summed E-state index contributed by atoms with van der Waals surface area (Å²) in [6.45, 7) is 4.61. The topological polar surface area (TPSA) is 54.0 Å². The van der Waals surface area contributed by atoms with Gasteiger partial charge in [-0.1, -0.05) is 47.5 Å². The van der Waals surface area contributed by atoms with Crippen molar-refractivity contribution in [1.82, 2.24) is 4.98 Å². The summed E-state index contributed by atoms with van der Waals surface area (Å²) in [4.78, 5) is 16.7. The molecule has 0 aliphatic carbocycles. The number of nitrogens with zero attached hydrogens (tertiary/aromatic N) is 1. The number of aromatic nitrogens is 1. The largest absolute Gasteiger partial charge is 0.381 e. The highest BCUT2D eigenvalue weighted by atomic mass is 35.5. The molecule has 132 valence electrons. The lowest BCUT2D eigenvalue weighted by Crippen LogP contribution is -2.15. The average Bonchev–Trinajstić information content (AvgIpc) is 2.64. The lowest BCUT2D eigenvalue weighted by atomic mass is 10.1. The van der Waals surface area contributed by atoms with Crippen LogP contribution in [0.2, 0.25) is 5.02 Å². The number of amides is 1. The summed E-state index contributed by atoms with van der Waals surface area (Å²) in [5.74, 6) is -0.269. The van der Waals surface area contributed by atoms with Gasteiger partial charge < -0.3 is 10.6 Å². The Morgan fingerprint density at radius 3 is 2.69 bits per heavy atom. The molecule has 0 saturated heterocycles. The number of carbonyl (C=O) groups is 1. The first-order valence-corrected chi connectivity index (χ1v) is 8.72. The second-order valence-electron chi connectivity index (χ2n) is 6.14. The van der Waals surface area contributed by atoms with Gasteiger partial charge in [0.15, 0.2) is 0 Å². The molecular formula is C21H20ClN3O. The lowest BCUT2D eigenvalue weighted by Gasteiger charge is -2.11. The number of anilines is 2. The Balaban J connectivity index is 1.70. The molecule has 3 aromatic rings. The minimum Gasteiger partial charge on any atom is -0.381 e. The molecule has 1 amide bonds. The van der Waals surface area contributed by atoms with Crippen LogP contribution in [0.1, 0.15) is 27.2 Å². The molecule has 26 heavy (non-hydrogen) atoms. The fourth-order valence-electron chi connectivity index (χ4n) is 2.62. The van der Waals surface area contributed by atoms with Gasteiger partial charge in [0.1, 0.15) is 5.69 Å². The van der Waals surface area contributed by atoms with Crippen molar-refractivity contribution in [2.45, 2.75) is 20.4 Å². The molecule has 0 radical (unpaired) electrons. The van der Waals surface area contributed by atoms with Crippen LogP contribution in [0.5, 0.6) is 0 Å². The molecule has 0 aliphatic heterocycles. The van der Waals surface area contributed by atoms with Crippen molar-refractivity contribution in [2.75, 3.05) is 10.6 Å². The summed E-state index contributed by atoms with van der Waals surface area (Å²) < 4.78 is 0.